The molecule has 0 aromatic heterocycles. The molecule has 1 N–H and O–H groups in total. The Kier molecular flexibility index (Phi) is 5.59. The summed E-state index contributed by atoms with van der Waals surface area (Å²) in [5.74, 6) is 0.697. The number of ether oxygens (including phenoxy) is 1. The number of rotatable bonds is 6. The normalized spacial score (nSPS) is 23.7. The topological polar surface area (TPSA) is 41.6 Å². The fourth-order valence-corrected chi connectivity index (χ4v) is 3.54. The van der Waals surface area contributed by atoms with Crippen molar-refractivity contribution in [2.75, 3.05) is 26.4 Å². The molecule has 120 valence electrons. The van der Waals surface area contributed by atoms with Crippen LogP contribution in [0.2, 0.25) is 0 Å². The molecule has 2 saturated heterocycles. The van der Waals surface area contributed by atoms with E-state index >= 15 is 0 Å². The first kappa shape index (κ1) is 15.7. The van der Waals surface area contributed by atoms with Crippen molar-refractivity contribution in [2.45, 2.75) is 38.3 Å². The van der Waals surface area contributed by atoms with Gasteiger partial charge in [-0.2, -0.15) is 0 Å². The number of hydrogen-bond donors (Lipinski definition) is 1. The van der Waals surface area contributed by atoms with Crippen LogP contribution in [-0.4, -0.2) is 43.1 Å². The summed E-state index contributed by atoms with van der Waals surface area (Å²) in [7, 11) is 0. The van der Waals surface area contributed by atoms with Crippen molar-refractivity contribution >= 4 is 5.78 Å². The van der Waals surface area contributed by atoms with Gasteiger partial charge in [0.1, 0.15) is 6.73 Å². The molecule has 1 aromatic rings. The Balaban J connectivity index is 1.48. The van der Waals surface area contributed by atoms with Gasteiger partial charge in [-0.05, 0) is 44.3 Å². The highest BCUT2D eigenvalue weighted by atomic mass is 16.5. The SMILES string of the molecule is O=C(C1CCNCC1)[C@@H]1CCCN1COCc1ccccc1. The van der Waals surface area contributed by atoms with E-state index in [2.05, 4.69) is 22.3 Å². The Morgan fingerprint density at radius 1 is 1.18 bits per heavy atom. The second-order valence-electron chi connectivity index (χ2n) is 6.36. The summed E-state index contributed by atoms with van der Waals surface area (Å²) in [6, 6.07) is 10.3. The summed E-state index contributed by atoms with van der Waals surface area (Å²) in [5.41, 5.74) is 1.18. The van der Waals surface area contributed by atoms with Gasteiger partial charge in [0.05, 0.1) is 12.6 Å². The zero-order valence-electron chi connectivity index (χ0n) is 13.2. The number of carbonyl (C=O) groups excluding carboxylic acids is 1. The first-order chi connectivity index (χ1) is 10.8. The highest BCUT2D eigenvalue weighted by molar-refractivity contribution is 5.86. The molecule has 3 rings (SSSR count). The molecule has 2 aliphatic rings. The molecule has 2 fully saturated rings. The molecule has 2 aliphatic heterocycles. The molecule has 0 unspecified atom stereocenters. The summed E-state index contributed by atoms with van der Waals surface area (Å²) in [6.07, 6.45) is 4.09. The number of likely N-dealkylation sites (tertiary alicyclic amines) is 1. The largest absolute Gasteiger partial charge is 0.361 e. The van der Waals surface area contributed by atoms with Crippen molar-refractivity contribution < 1.29 is 9.53 Å². The second kappa shape index (κ2) is 7.86. The predicted octanol–water partition coefficient (Wildman–Crippen LogP) is 2.19. The van der Waals surface area contributed by atoms with Crippen LogP contribution in [-0.2, 0) is 16.1 Å². The van der Waals surface area contributed by atoms with Crippen molar-refractivity contribution in [3.8, 4) is 0 Å². The summed E-state index contributed by atoms with van der Waals surface area (Å²) in [4.78, 5) is 14.9. The lowest BCUT2D eigenvalue weighted by atomic mass is 9.89. The molecule has 0 saturated carbocycles. The van der Waals surface area contributed by atoms with Crippen molar-refractivity contribution in [1.82, 2.24) is 10.2 Å². The number of benzene rings is 1. The predicted molar refractivity (Wildman–Crippen MR) is 86.4 cm³/mol. The van der Waals surface area contributed by atoms with E-state index in [1.807, 2.05) is 18.2 Å². The Bertz CT molecular complexity index is 471. The minimum Gasteiger partial charge on any atom is -0.361 e. The molecule has 0 amide bonds. The molecule has 0 aliphatic carbocycles. The molecule has 4 nitrogen and oxygen atoms in total. The number of Topliss-reactive ketones (excluding diaryl/α,β-unsaturated/α-hetero) is 1. The van der Waals surface area contributed by atoms with E-state index < -0.39 is 0 Å². The number of piperidine rings is 1. The molecule has 0 bridgehead atoms. The van der Waals surface area contributed by atoms with Crippen molar-refractivity contribution in [3.63, 3.8) is 0 Å². The highest BCUT2D eigenvalue weighted by Gasteiger charge is 2.35. The number of nitrogens with zero attached hydrogens (tertiary/aromatic N) is 1. The fraction of sp³-hybridized carbons (Fsp3) is 0.611. The summed E-state index contributed by atoms with van der Waals surface area (Å²) < 4.78 is 5.83. The third kappa shape index (κ3) is 3.94. The standard InChI is InChI=1S/C18H26N2O2/c21-18(16-8-10-19-11-9-16)17-7-4-12-20(17)14-22-13-15-5-2-1-3-6-15/h1-3,5-6,16-17,19H,4,7-14H2/t17-/m0/s1. The molecule has 0 spiro atoms. The molecule has 0 radical (unpaired) electrons. The van der Waals surface area contributed by atoms with Gasteiger partial charge in [-0.3, -0.25) is 9.69 Å². The van der Waals surface area contributed by atoms with Gasteiger partial charge in [-0.15, -0.1) is 0 Å². The van der Waals surface area contributed by atoms with Crippen molar-refractivity contribution in [1.29, 1.82) is 0 Å². The van der Waals surface area contributed by atoms with Crippen LogP contribution >= 0.6 is 0 Å². The van der Waals surface area contributed by atoms with Crippen LogP contribution in [0.3, 0.4) is 0 Å². The Morgan fingerprint density at radius 3 is 2.73 bits per heavy atom. The van der Waals surface area contributed by atoms with Crippen LogP contribution in [0.25, 0.3) is 0 Å². The quantitative estimate of drug-likeness (QED) is 0.874. The monoisotopic (exact) mass is 302 g/mol. The zero-order chi connectivity index (χ0) is 15.2. The van der Waals surface area contributed by atoms with Crippen molar-refractivity contribution in [2.24, 2.45) is 5.92 Å². The lowest BCUT2D eigenvalue weighted by Gasteiger charge is -2.29. The number of hydrogen-bond acceptors (Lipinski definition) is 4. The van der Waals surface area contributed by atoms with Gasteiger partial charge >= 0.3 is 0 Å². The smallest absolute Gasteiger partial charge is 0.153 e. The molecule has 4 heteroatoms. The van der Waals surface area contributed by atoms with Crippen LogP contribution in [0, 0.1) is 5.92 Å². The van der Waals surface area contributed by atoms with Gasteiger partial charge in [0, 0.05) is 12.5 Å². The highest BCUT2D eigenvalue weighted by Crippen LogP contribution is 2.24. The van der Waals surface area contributed by atoms with Gasteiger partial charge in [0.15, 0.2) is 5.78 Å². The molecule has 22 heavy (non-hydrogen) atoms. The van der Waals surface area contributed by atoms with E-state index in [1.54, 1.807) is 0 Å². The zero-order valence-corrected chi connectivity index (χ0v) is 13.2. The first-order valence-corrected chi connectivity index (χ1v) is 8.45. The maximum absolute atomic E-state index is 12.7. The van der Waals surface area contributed by atoms with E-state index in [0.717, 1.165) is 45.3 Å². The first-order valence-electron chi connectivity index (χ1n) is 8.45. The van der Waals surface area contributed by atoms with E-state index in [4.69, 9.17) is 4.74 Å². The van der Waals surface area contributed by atoms with Gasteiger partial charge in [0.25, 0.3) is 0 Å². The van der Waals surface area contributed by atoms with Gasteiger partial charge in [-0.25, -0.2) is 0 Å². The third-order valence-electron chi connectivity index (χ3n) is 4.80. The van der Waals surface area contributed by atoms with Crippen LogP contribution in [0.1, 0.15) is 31.2 Å². The number of nitrogens with one attached hydrogen (secondary N) is 1. The van der Waals surface area contributed by atoms with E-state index in [-0.39, 0.29) is 12.0 Å². The lowest BCUT2D eigenvalue weighted by Crippen LogP contribution is -2.43. The Hall–Kier alpha value is -1.23. The van der Waals surface area contributed by atoms with Gasteiger partial charge in [0.2, 0.25) is 0 Å². The average molecular weight is 302 g/mol. The van der Waals surface area contributed by atoms with Crippen LogP contribution in [0.4, 0.5) is 0 Å². The van der Waals surface area contributed by atoms with E-state index in [9.17, 15) is 4.79 Å². The number of ketones is 1. The van der Waals surface area contributed by atoms with Crippen LogP contribution in [0.5, 0.6) is 0 Å². The minimum absolute atomic E-state index is 0.0823. The summed E-state index contributed by atoms with van der Waals surface area (Å²) in [6.45, 7) is 4.12. The number of carbonyl (C=O) groups is 1. The maximum atomic E-state index is 12.7. The second-order valence-corrected chi connectivity index (χ2v) is 6.36. The minimum atomic E-state index is 0.0823. The molecular formula is C18H26N2O2. The molecule has 2 heterocycles. The van der Waals surface area contributed by atoms with Crippen LogP contribution < -0.4 is 5.32 Å². The van der Waals surface area contributed by atoms with Crippen LogP contribution in [0.15, 0.2) is 30.3 Å². The third-order valence-corrected chi connectivity index (χ3v) is 4.80. The van der Waals surface area contributed by atoms with Gasteiger partial charge < -0.3 is 10.1 Å². The summed E-state index contributed by atoms with van der Waals surface area (Å²) >= 11 is 0. The molecule has 1 aromatic carbocycles. The fourth-order valence-electron chi connectivity index (χ4n) is 3.54. The van der Waals surface area contributed by atoms with E-state index in [1.165, 1.54) is 5.56 Å². The molecular weight excluding hydrogens is 276 g/mol. The summed E-state index contributed by atoms with van der Waals surface area (Å²) in [5, 5.41) is 3.33. The van der Waals surface area contributed by atoms with E-state index in [0.29, 0.717) is 19.1 Å². The Morgan fingerprint density at radius 2 is 1.95 bits per heavy atom. The maximum Gasteiger partial charge on any atom is 0.153 e. The van der Waals surface area contributed by atoms with Crippen molar-refractivity contribution in [3.05, 3.63) is 35.9 Å². The Labute approximate surface area is 132 Å². The lowest BCUT2D eigenvalue weighted by molar-refractivity contribution is -0.130. The van der Waals surface area contributed by atoms with Gasteiger partial charge in [-0.1, -0.05) is 30.3 Å². The average Bonchev–Trinajstić information content (AvgIpc) is 3.04. The molecule has 1 atom stereocenters.